The third-order valence-electron chi connectivity index (χ3n) is 2.51. The minimum atomic E-state index is 0.232. The third kappa shape index (κ3) is 3.09. The molecule has 0 aliphatic heterocycles. The normalized spacial score (nSPS) is 10.2. The number of aromatic nitrogens is 2. The van der Waals surface area contributed by atoms with Gasteiger partial charge < -0.3 is 9.47 Å². The lowest BCUT2D eigenvalue weighted by atomic mass is 10.2. The van der Waals surface area contributed by atoms with Crippen LogP contribution in [-0.2, 0) is 6.61 Å². The second-order valence-corrected chi connectivity index (χ2v) is 3.84. The predicted molar refractivity (Wildman–Crippen MR) is 66.4 cm³/mol. The van der Waals surface area contributed by atoms with Crippen LogP contribution in [0, 0.1) is 6.92 Å². The van der Waals surface area contributed by atoms with Crippen molar-refractivity contribution in [3.63, 3.8) is 0 Å². The van der Waals surface area contributed by atoms with Crippen molar-refractivity contribution >= 4 is 6.29 Å². The van der Waals surface area contributed by atoms with Crippen molar-refractivity contribution < 1.29 is 18.9 Å². The quantitative estimate of drug-likeness (QED) is 0.743. The number of hydrogen-bond acceptors (Lipinski definition) is 6. The number of aryl methyl sites for hydroxylation is 1. The summed E-state index contributed by atoms with van der Waals surface area (Å²) in [7, 11) is 0. The SMILES string of the molecule is CCOc1cc(C=O)ccc1OCc1nonc1C. The zero-order valence-corrected chi connectivity index (χ0v) is 10.8. The number of aldehydes is 1. The first-order valence-corrected chi connectivity index (χ1v) is 5.87. The number of rotatable bonds is 6. The molecule has 2 rings (SSSR count). The summed E-state index contributed by atoms with van der Waals surface area (Å²) < 4.78 is 15.6. The first kappa shape index (κ1) is 13.1. The van der Waals surface area contributed by atoms with Crippen molar-refractivity contribution in [2.45, 2.75) is 20.5 Å². The summed E-state index contributed by atoms with van der Waals surface area (Å²) in [4.78, 5) is 10.7. The summed E-state index contributed by atoms with van der Waals surface area (Å²) in [6.45, 7) is 4.37. The van der Waals surface area contributed by atoms with E-state index in [2.05, 4.69) is 14.9 Å². The van der Waals surface area contributed by atoms with Gasteiger partial charge in [0.2, 0.25) is 0 Å². The maximum absolute atomic E-state index is 10.7. The van der Waals surface area contributed by atoms with Crippen LogP contribution in [0.25, 0.3) is 0 Å². The fourth-order valence-corrected chi connectivity index (χ4v) is 1.51. The topological polar surface area (TPSA) is 74.5 Å². The molecule has 6 nitrogen and oxygen atoms in total. The van der Waals surface area contributed by atoms with Gasteiger partial charge in [-0.1, -0.05) is 10.3 Å². The van der Waals surface area contributed by atoms with Crippen molar-refractivity contribution in [2.75, 3.05) is 6.61 Å². The number of nitrogens with zero attached hydrogens (tertiary/aromatic N) is 2. The molecule has 0 spiro atoms. The van der Waals surface area contributed by atoms with E-state index >= 15 is 0 Å². The van der Waals surface area contributed by atoms with E-state index in [1.54, 1.807) is 25.1 Å². The molecule has 2 aromatic rings. The maximum atomic E-state index is 10.7. The summed E-state index contributed by atoms with van der Waals surface area (Å²) in [5.74, 6) is 1.08. The van der Waals surface area contributed by atoms with Gasteiger partial charge >= 0.3 is 0 Å². The summed E-state index contributed by atoms with van der Waals surface area (Å²) in [5.41, 5.74) is 1.85. The van der Waals surface area contributed by atoms with Gasteiger partial charge in [-0.05, 0) is 32.0 Å². The second kappa shape index (κ2) is 5.99. The Morgan fingerprint density at radius 1 is 1.26 bits per heavy atom. The highest BCUT2D eigenvalue weighted by Crippen LogP contribution is 2.28. The lowest BCUT2D eigenvalue weighted by molar-refractivity contribution is 0.112. The van der Waals surface area contributed by atoms with Crippen LogP contribution in [0.4, 0.5) is 0 Å². The Balaban J connectivity index is 2.14. The highest BCUT2D eigenvalue weighted by atomic mass is 16.6. The zero-order valence-electron chi connectivity index (χ0n) is 10.8. The fraction of sp³-hybridized carbons (Fsp3) is 0.308. The van der Waals surface area contributed by atoms with Gasteiger partial charge in [0.15, 0.2) is 11.5 Å². The van der Waals surface area contributed by atoms with Gasteiger partial charge in [0.05, 0.1) is 6.61 Å². The first-order chi connectivity index (χ1) is 9.24. The molecule has 0 N–H and O–H groups in total. The minimum Gasteiger partial charge on any atom is -0.490 e. The van der Waals surface area contributed by atoms with Crippen molar-refractivity contribution in [3.8, 4) is 11.5 Å². The Labute approximate surface area is 110 Å². The van der Waals surface area contributed by atoms with E-state index in [1.807, 2.05) is 6.92 Å². The van der Waals surface area contributed by atoms with Crippen molar-refractivity contribution in [2.24, 2.45) is 0 Å². The van der Waals surface area contributed by atoms with Gasteiger partial charge in [0, 0.05) is 5.56 Å². The van der Waals surface area contributed by atoms with E-state index < -0.39 is 0 Å². The average Bonchev–Trinajstić information content (AvgIpc) is 2.83. The monoisotopic (exact) mass is 262 g/mol. The largest absolute Gasteiger partial charge is 0.490 e. The van der Waals surface area contributed by atoms with E-state index in [9.17, 15) is 4.79 Å². The van der Waals surface area contributed by atoms with Crippen LogP contribution >= 0.6 is 0 Å². The molecular weight excluding hydrogens is 248 g/mol. The van der Waals surface area contributed by atoms with E-state index in [-0.39, 0.29) is 6.61 Å². The third-order valence-corrected chi connectivity index (χ3v) is 2.51. The molecule has 0 bridgehead atoms. The van der Waals surface area contributed by atoms with E-state index in [0.29, 0.717) is 35.1 Å². The average molecular weight is 262 g/mol. The molecule has 1 aromatic carbocycles. The van der Waals surface area contributed by atoms with Crippen LogP contribution in [0.3, 0.4) is 0 Å². The molecule has 1 heterocycles. The molecular formula is C13H14N2O4. The Morgan fingerprint density at radius 3 is 2.74 bits per heavy atom. The van der Waals surface area contributed by atoms with Crippen molar-refractivity contribution in [1.29, 1.82) is 0 Å². The molecule has 0 atom stereocenters. The molecule has 19 heavy (non-hydrogen) atoms. The van der Waals surface area contributed by atoms with Gasteiger partial charge in [-0.25, -0.2) is 4.63 Å². The highest BCUT2D eigenvalue weighted by molar-refractivity contribution is 5.76. The highest BCUT2D eigenvalue weighted by Gasteiger charge is 2.10. The predicted octanol–water partition coefficient (Wildman–Crippen LogP) is 2.17. The number of carbonyl (C=O) groups excluding carboxylic acids is 1. The Bertz CT molecular complexity index is 566. The Morgan fingerprint density at radius 2 is 2.11 bits per heavy atom. The lowest BCUT2D eigenvalue weighted by Crippen LogP contribution is -2.01. The van der Waals surface area contributed by atoms with Gasteiger partial charge in [0.25, 0.3) is 0 Å². The molecule has 6 heteroatoms. The molecule has 0 unspecified atom stereocenters. The van der Waals surface area contributed by atoms with E-state index in [4.69, 9.17) is 9.47 Å². The molecule has 0 saturated heterocycles. The zero-order chi connectivity index (χ0) is 13.7. The Hall–Kier alpha value is -2.37. The molecule has 100 valence electrons. The molecule has 0 amide bonds. The van der Waals surface area contributed by atoms with Crippen LogP contribution in [0.1, 0.15) is 28.7 Å². The second-order valence-electron chi connectivity index (χ2n) is 3.84. The Kier molecular flexibility index (Phi) is 4.12. The smallest absolute Gasteiger partial charge is 0.161 e. The summed E-state index contributed by atoms with van der Waals surface area (Å²) in [6.07, 6.45) is 0.762. The molecule has 0 aliphatic carbocycles. The van der Waals surface area contributed by atoms with E-state index in [0.717, 1.165) is 6.29 Å². The van der Waals surface area contributed by atoms with Crippen molar-refractivity contribution in [1.82, 2.24) is 10.3 Å². The van der Waals surface area contributed by atoms with Gasteiger partial charge in [-0.15, -0.1) is 0 Å². The number of benzene rings is 1. The fourth-order valence-electron chi connectivity index (χ4n) is 1.51. The summed E-state index contributed by atoms with van der Waals surface area (Å²) in [5, 5.41) is 7.40. The molecule has 0 saturated carbocycles. The molecule has 0 aliphatic rings. The number of carbonyl (C=O) groups is 1. The molecule has 0 fully saturated rings. The van der Waals surface area contributed by atoms with E-state index in [1.165, 1.54) is 0 Å². The van der Waals surface area contributed by atoms with Crippen LogP contribution in [0.2, 0.25) is 0 Å². The number of hydrogen-bond donors (Lipinski definition) is 0. The summed E-state index contributed by atoms with van der Waals surface area (Å²) in [6, 6.07) is 5.00. The lowest BCUT2D eigenvalue weighted by Gasteiger charge is -2.11. The molecule has 0 radical (unpaired) electrons. The molecule has 1 aromatic heterocycles. The minimum absolute atomic E-state index is 0.232. The maximum Gasteiger partial charge on any atom is 0.161 e. The van der Waals surface area contributed by atoms with Crippen molar-refractivity contribution in [3.05, 3.63) is 35.2 Å². The van der Waals surface area contributed by atoms with Gasteiger partial charge in [-0.3, -0.25) is 4.79 Å². The van der Waals surface area contributed by atoms with Crippen LogP contribution in [0.15, 0.2) is 22.8 Å². The summed E-state index contributed by atoms with van der Waals surface area (Å²) >= 11 is 0. The first-order valence-electron chi connectivity index (χ1n) is 5.87. The van der Waals surface area contributed by atoms with Crippen LogP contribution < -0.4 is 9.47 Å². The van der Waals surface area contributed by atoms with Crippen LogP contribution in [-0.4, -0.2) is 23.2 Å². The van der Waals surface area contributed by atoms with Gasteiger partial charge in [-0.2, -0.15) is 0 Å². The standard InChI is InChI=1S/C13H14N2O4/c1-3-17-13-6-10(7-16)4-5-12(13)18-8-11-9(2)14-19-15-11/h4-7H,3,8H2,1-2H3. The van der Waals surface area contributed by atoms with Gasteiger partial charge in [0.1, 0.15) is 24.3 Å². The van der Waals surface area contributed by atoms with Crippen LogP contribution in [0.5, 0.6) is 11.5 Å². The number of ether oxygens (including phenoxy) is 2.